The zero-order valence-electron chi connectivity index (χ0n) is 61.1. The molecule has 113 heavy (non-hydrogen) atoms. The first-order valence-corrected chi connectivity index (χ1v) is 38.4. The van der Waals surface area contributed by atoms with E-state index in [9.17, 15) is 0 Å². The van der Waals surface area contributed by atoms with Gasteiger partial charge < -0.3 is 22.8 Å². The van der Waals surface area contributed by atoms with E-state index in [0.29, 0.717) is 11.6 Å². The molecule has 0 N–H and O–H groups in total. The van der Waals surface area contributed by atoms with Gasteiger partial charge in [0, 0.05) is 116 Å². The average molecular weight is 1440 g/mol. The van der Waals surface area contributed by atoms with Gasteiger partial charge in [-0.15, -0.1) is 0 Å². The predicted octanol–water partition coefficient (Wildman–Crippen LogP) is 26.4. The Morgan fingerprint density at radius 3 is 0.735 bits per heavy atom. The van der Waals surface area contributed by atoms with E-state index >= 15 is 0 Å². The average Bonchev–Trinajstić information content (AvgIpc) is 1.58. The number of rotatable bonds is 12. The van der Waals surface area contributed by atoms with Crippen molar-refractivity contribution in [2.75, 3.05) is 0 Å². The third-order valence-corrected chi connectivity index (χ3v) is 22.9. The van der Waals surface area contributed by atoms with Crippen molar-refractivity contribution in [3.63, 3.8) is 0 Å². The Morgan fingerprint density at radius 2 is 0.363 bits per heavy atom. The van der Waals surface area contributed by atoms with Crippen LogP contribution in [0, 0.1) is 0 Å². The van der Waals surface area contributed by atoms with E-state index < -0.39 is 0 Å². The van der Waals surface area contributed by atoms with Gasteiger partial charge in [-0.2, -0.15) is 0 Å². The number of aromatic nitrogens is 9. The number of nitrogens with zero attached hydrogens (tertiary/aromatic N) is 9. The molecule has 0 saturated carbocycles. The highest BCUT2D eigenvalue weighted by atomic mass is 15.0. The molecule has 9 heteroatoms. The molecule has 9 nitrogen and oxygen atoms in total. The second kappa shape index (κ2) is 25.7. The fourth-order valence-electron chi connectivity index (χ4n) is 17.7. The molecule has 0 atom stereocenters. The third kappa shape index (κ3) is 10.4. The Hall–Kier alpha value is -15.3. The summed E-state index contributed by atoms with van der Waals surface area (Å²) >= 11 is 0. The van der Waals surface area contributed by atoms with Crippen LogP contribution in [0.4, 0.5) is 0 Å². The standard InChI is InChI=1S/C104H65N9/c1-4-23-66(24-5-1)89-64-91(106-103(105-89)70-27-8-3-9-28-70)68-43-48-74(49-44-68)109-97-41-20-15-36-84(97)86-61-76(52-56-100(86)109)113-98-42-21-14-35-83(98)85-60-72(47-55-99(85)113)71-29-22-30-73(59-71)104-107-90(67-25-6-2-7-26-67)65-92(108-104)69-45-50-75(51-46-69)110-101-57-53-77(111-93-37-16-10-31-79(93)80-32-11-17-38-94(80)111)62-87(101)88-63-78(54-58-102(88)110)112-95-39-18-12-33-81(95)82-34-13-19-40-96(82)112/h1-65H. The molecule has 23 aromatic rings. The number of benzene rings is 16. The van der Waals surface area contributed by atoms with E-state index in [0.717, 1.165) is 129 Å². The fourth-order valence-corrected chi connectivity index (χ4v) is 17.7. The molecule has 0 radical (unpaired) electrons. The molecule has 23 rings (SSSR count). The summed E-state index contributed by atoms with van der Waals surface area (Å²) in [4.78, 5) is 21.0. The number of fused-ring (bicyclic) bond motifs is 15. The molecule has 0 aliphatic rings. The summed E-state index contributed by atoms with van der Waals surface area (Å²) in [6.07, 6.45) is 0. The lowest BCUT2D eigenvalue weighted by atomic mass is 10.00. The quantitative estimate of drug-likeness (QED) is 0.122. The zero-order chi connectivity index (χ0) is 74.2. The molecule has 0 saturated heterocycles. The fraction of sp³-hybridized carbons (Fsp3) is 0. The molecule has 0 spiro atoms. The molecular weight excluding hydrogens is 1380 g/mol. The molecular formula is C104H65N9. The van der Waals surface area contributed by atoms with Crippen LogP contribution >= 0.6 is 0 Å². The Labute approximate surface area is 649 Å². The Bertz CT molecular complexity index is 7440. The maximum atomic E-state index is 5.47. The molecule has 526 valence electrons. The van der Waals surface area contributed by atoms with E-state index in [-0.39, 0.29) is 0 Å². The summed E-state index contributed by atoms with van der Waals surface area (Å²) in [6, 6.07) is 142. The van der Waals surface area contributed by atoms with E-state index in [4.69, 9.17) is 19.9 Å². The van der Waals surface area contributed by atoms with E-state index in [1.54, 1.807) is 0 Å². The minimum absolute atomic E-state index is 0.650. The molecule has 0 fully saturated rings. The molecule has 0 amide bonds. The number of para-hydroxylation sites is 6. The number of hydrogen-bond donors (Lipinski definition) is 0. The van der Waals surface area contributed by atoms with Gasteiger partial charge in [0.2, 0.25) is 0 Å². The molecule has 7 aromatic heterocycles. The van der Waals surface area contributed by atoms with Crippen LogP contribution in [0.1, 0.15) is 0 Å². The lowest BCUT2D eigenvalue weighted by molar-refractivity contribution is 1.16. The van der Waals surface area contributed by atoms with Crippen molar-refractivity contribution < 1.29 is 0 Å². The van der Waals surface area contributed by atoms with Crippen LogP contribution in [0.15, 0.2) is 394 Å². The van der Waals surface area contributed by atoms with Crippen molar-refractivity contribution in [1.82, 2.24) is 42.8 Å². The van der Waals surface area contributed by atoms with Gasteiger partial charge >= 0.3 is 0 Å². The summed E-state index contributed by atoms with van der Waals surface area (Å²) < 4.78 is 12.1. The van der Waals surface area contributed by atoms with Crippen molar-refractivity contribution in [3.8, 4) is 107 Å². The van der Waals surface area contributed by atoms with Crippen LogP contribution in [0.2, 0.25) is 0 Å². The van der Waals surface area contributed by atoms with Crippen molar-refractivity contribution in [3.05, 3.63) is 394 Å². The van der Waals surface area contributed by atoms with Crippen LogP contribution in [0.5, 0.6) is 0 Å². The van der Waals surface area contributed by atoms with Crippen LogP contribution in [0.25, 0.3) is 216 Å². The molecule has 0 aliphatic carbocycles. The third-order valence-electron chi connectivity index (χ3n) is 22.9. The van der Waals surface area contributed by atoms with Gasteiger partial charge in [-0.05, 0) is 157 Å². The highest BCUT2D eigenvalue weighted by Crippen LogP contribution is 2.44. The van der Waals surface area contributed by atoms with Gasteiger partial charge in [0.05, 0.1) is 77.9 Å². The SMILES string of the molecule is c1ccc(-c2cc(-c3ccc(-n4c5ccccc5c5cc(-n6c7ccccc7c7cc(-c8cccc(-c9nc(-c%10ccccc%10)cc(-c%10ccc(-n%11c%12ccc(-n%13c%14ccccc%14c%14ccccc%14%13)cc%12c%12cc(-n%13c%14ccccc%14c%14ccccc%14%13)ccc%12%11)cc%10)n9)c8)ccc76)ccc54)cc3)nc(-c3ccccc3)n2)cc1. The molecule has 16 aromatic carbocycles. The predicted molar refractivity (Wildman–Crippen MR) is 467 cm³/mol. The second-order valence-electron chi connectivity index (χ2n) is 29.3. The van der Waals surface area contributed by atoms with Gasteiger partial charge in [-0.3, -0.25) is 0 Å². The van der Waals surface area contributed by atoms with Crippen molar-refractivity contribution in [1.29, 1.82) is 0 Å². The molecule has 0 bridgehead atoms. The highest BCUT2D eigenvalue weighted by molar-refractivity contribution is 6.16. The molecule has 0 unspecified atom stereocenters. The van der Waals surface area contributed by atoms with E-state index in [1.807, 2.05) is 24.3 Å². The minimum Gasteiger partial charge on any atom is -0.309 e. The van der Waals surface area contributed by atoms with Crippen molar-refractivity contribution in [2.24, 2.45) is 0 Å². The summed E-state index contributed by atoms with van der Waals surface area (Å²) in [6.45, 7) is 0. The minimum atomic E-state index is 0.650. The largest absolute Gasteiger partial charge is 0.309 e. The van der Waals surface area contributed by atoms with Crippen molar-refractivity contribution >= 4 is 109 Å². The topological polar surface area (TPSA) is 76.2 Å². The lowest BCUT2D eigenvalue weighted by Crippen LogP contribution is -1.98. The normalized spacial score (nSPS) is 11.9. The second-order valence-corrected chi connectivity index (χ2v) is 29.3. The Morgan fingerprint density at radius 1 is 0.133 bits per heavy atom. The molecule has 0 aliphatic heterocycles. The summed E-state index contributed by atoms with van der Waals surface area (Å²) in [5.74, 6) is 1.34. The summed E-state index contributed by atoms with van der Waals surface area (Å²) in [5.41, 5.74) is 28.5. The van der Waals surface area contributed by atoms with Crippen LogP contribution < -0.4 is 0 Å². The van der Waals surface area contributed by atoms with E-state index in [2.05, 4.69) is 393 Å². The van der Waals surface area contributed by atoms with Gasteiger partial charge in [-0.25, -0.2) is 19.9 Å². The van der Waals surface area contributed by atoms with Crippen LogP contribution in [-0.4, -0.2) is 42.8 Å². The Kier molecular flexibility index (Phi) is 14.5. The maximum Gasteiger partial charge on any atom is 0.160 e. The van der Waals surface area contributed by atoms with Gasteiger partial charge in [-0.1, -0.05) is 249 Å². The summed E-state index contributed by atoms with van der Waals surface area (Å²) in [5, 5.41) is 12.0. The zero-order valence-corrected chi connectivity index (χ0v) is 61.1. The van der Waals surface area contributed by atoms with Gasteiger partial charge in [0.15, 0.2) is 11.6 Å². The first-order chi connectivity index (χ1) is 56.0. The first-order valence-electron chi connectivity index (χ1n) is 38.4. The summed E-state index contributed by atoms with van der Waals surface area (Å²) in [7, 11) is 0. The van der Waals surface area contributed by atoms with E-state index in [1.165, 1.54) is 75.9 Å². The van der Waals surface area contributed by atoms with Gasteiger partial charge in [0.25, 0.3) is 0 Å². The van der Waals surface area contributed by atoms with Gasteiger partial charge in [0.1, 0.15) is 0 Å². The van der Waals surface area contributed by atoms with Crippen molar-refractivity contribution in [2.45, 2.75) is 0 Å². The Balaban J connectivity index is 0.596. The highest BCUT2D eigenvalue weighted by Gasteiger charge is 2.23. The first kappa shape index (κ1) is 63.7. The maximum absolute atomic E-state index is 5.47. The number of hydrogen-bond acceptors (Lipinski definition) is 4. The lowest BCUT2D eigenvalue weighted by Gasteiger charge is -2.13. The monoisotopic (exact) mass is 1440 g/mol. The van der Waals surface area contributed by atoms with Crippen LogP contribution in [0.3, 0.4) is 0 Å². The smallest absolute Gasteiger partial charge is 0.160 e. The van der Waals surface area contributed by atoms with Crippen LogP contribution in [-0.2, 0) is 0 Å². The molecule has 7 heterocycles.